The van der Waals surface area contributed by atoms with Crippen molar-refractivity contribution in [1.82, 2.24) is 34.3 Å². The highest BCUT2D eigenvalue weighted by Crippen LogP contribution is 2.27. The summed E-state index contributed by atoms with van der Waals surface area (Å²) in [5.41, 5.74) is 1.27. The quantitative estimate of drug-likeness (QED) is 0.231. The van der Waals surface area contributed by atoms with Gasteiger partial charge in [-0.25, -0.2) is 8.42 Å². The van der Waals surface area contributed by atoms with Crippen molar-refractivity contribution in [2.45, 2.75) is 219 Å². The lowest BCUT2D eigenvalue weighted by Gasteiger charge is -2.27. The molecule has 4 aliphatic carbocycles. The number of carbonyl (C=O) groups is 2. The van der Waals surface area contributed by atoms with Gasteiger partial charge in [-0.3, -0.25) is 14.5 Å². The first kappa shape index (κ1) is 78.6. The molecule has 0 radical (unpaired) electrons. The van der Waals surface area contributed by atoms with Gasteiger partial charge in [-0.2, -0.15) is 0 Å². The molecule has 0 aromatic carbocycles. The third-order valence-electron chi connectivity index (χ3n) is 17.4. The van der Waals surface area contributed by atoms with Crippen LogP contribution in [0.15, 0.2) is 11.6 Å². The lowest BCUT2D eigenvalue weighted by molar-refractivity contribution is -0.121. The maximum atomic E-state index is 10.8. The first-order valence-corrected chi connectivity index (χ1v) is 35.5. The Balaban J connectivity index is 0.000000452. The fourth-order valence-corrected chi connectivity index (χ4v) is 12.1. The largest absolute Gasteiger partial charge is 0.390 e. The van der Waals surface area contributed by atoms with Crippen LogP contribution < -0.4 is 0 Å². The van der Waals surface area contributed by atoms with Crippen LogP contribution in [0.1, 0.15) is 214 Å². The fourth-order valence-electron chi connectivity index (χ4n) is 10.7. The van der Waals surface area contributed by atoms with Crippen molar-refractivity contribution < 1.29 is 32.6 Å². The summed E-state index contributed by atoms with van der Waals surface area (Å²) in [5.74, 6) is 3.59. The first-order chi connectivity index (χ1) is 39.1. The van der Waals surface area contributed by atoms with Crippen LogP contribution in [-0.2, 0) is 28.9 Å². The predicted molar refractivity (Wildman–Crippen MR) is 349 cm³/mol. The fraction of sp³-hybridized carbons (Fsp3) is 0.940. The minimum Gasteiger partial charge on any atom is -0.390 e. The van der Waals surface area contributed by atoms with E-state index in [0.29, 0.717) is 42.7 Å². The average molecular weight is 1180 g/mol. The van der Waals surface area contributed by atoms with Gasteiger partial charge in [-0.15, -0.1) is 0 Å². The molecule has 0 aromatic heterocycles. The molecule has 7 saturated heterocycles. The number of ether oxygens (including phenoxy) is 2. The van der Waals surface area contributed by atoms with Crippen molar-refractivity contribution >= 4 is 21.4 Å². The molecule has 82 heavy (non-hydrogen) atoms. The topological polar surface area (TPSA) is 130 Å². The first-order valence-electron chi connectivity index (χ1n) is 33.7. The Morgan fingerprint density at radius 3 is 1.12 bits per heavy atom. The van der Waals surface area contributed by atoms with E-state index in [-0.39, 0.29) is 5.60 Å². The smallest absolute Gasteiger partial charge is 0.152 e. The van der Waals surface area contributed by atoms with E-state index in [1.807, 2.05) is 25.9 Å². The van der Waals surface area contributed by atoms with Gasteiger partial charge in [-0.05, 0) is 191 Å². The Morgan fingerprint density at radius 2 is 0.805 bits per heavy atom. The van der Waals surface area contributed by atoms with Crippen LogP contribution in [0.2, 0.25) is 0 Å². The van der Waals surface area contributed by atoms with Crippen LogP contribution in [0.4, 0.5) is 0 Å². The summed E-state index contributed by atoms with van der Waals surface area (Å²) in [6, 6.07) is 0. The normalized spacial score (nSPS) is 25.2. The minimum absolute atomic E-state index is 0.321. The SMILES string of the molecule is CC1(O)CCCCC1.CC1=CCCCC1.CC1CCC1.CC1CCCCC1.CN1CCCC(=O)C1.CN1CCCC(=O)CC1.CN1CCCCC1.CN1CCCCCC1.CN1CCOCC1.CN1CCOCC1.CN1CCS(=O)(=O)CC1. The average Bonchev–Trinajstić information content (AvgIpc) is 3.81. The summed E-state index contributed by atoms with van der Waals surface area (Å²) >= 11 is 0. The van der Waals surface area contributed by atoms with Gasteiger partial charge in [0.2, 0.25) is 0 Å². The van der Waals surface area contributed by atoms with E-state index in [2.05, 4.69) is 91.5 Å². The highest BCUT2D eigenvalue weighted by Gasteiger charge is 2.22. The zero-order chi connectivity index (χ0) is 60.7. The van der Waals surface area contributed by atoms with Crippen LogP contribution in [0.3, 0.4) is 0 Å². The molecule has 1 N–H and O–H groups in total. The van der Waals surface area contributed by atoms with E-state index in [0.717, 1.165) is 129 Å². The molecule has 7 aliphatic heterocycles. The highest BCUT2D eigenvalue weighted by molar-refractivity contribution is 7.91. The molecule has 7 heterocycles. The Kier molecular flexibility index (Phi) is 48.5. The molecule has 11 aliphatic rings. The summed E-state index contributed by atoms with van der Waals surface area (Å²) in [6.45, 7) is 27.3. The number of carbonyl (C=O) groups excluding carboxylic acids is 2. The van der Waals surface area contributed by atoms with Crippen molar-refractivity contribution in [3.8, 4) is 0 Å². The maximum absolute atomic E-state index is 10.8. The Morgan fingerprint density at radius 1 is 0.427 bits per heavy atom. The van der Waals surface area contributed by atoms with Gasteiger partial charge in [-0.1, -0.05) is 115 Å². The van der Waals surface area contributed by atoms with Gasteiger partial charge in [0, 0.05) is 65.1 Å². The zero-order valence-corrected chi connectivity index (χ0v) is 56.6. The third-order valence-corrected chi connectivity index (χ3v) is 19.0. The van der Waals surface area contributed by atoms with E-state index in [1.165, 1.54) is 167 Å². The van der Waals surface area contributed by atoms with Gasteiger partial charge in [0.1, 0.15) is 11.6 Å². The molecule has 0 aromatic rings. The number of piperidine rings is 2. The molecule has 0 atom stereocenters. The monoisotopic (exact) mass is 1180 g/mol. The summed E-state index contributed by atoms with van der Waals surface area (Å²) in [6.07, 6.45) is 40.0. The van der Waals surface area contributed by atoms with Gasteiger partial charge < -0.3 is 44.0 Å². The molecule has 0 bridgehead atoms. The van der Waals surface area contributed by atoms with E-state index in [1.54, 1.807) is 5.57 Å². The Bertz CT molecular complexity index is 1550. The number of hydrogen-bond donors (Lipinski definition) is 1. The summed E-state index contributed by atoms with van der Waals surface area (Å²) < 4.78 is 31.7. The molecule has 11 rings (SSSR count). The van der Waals surface area contributed by atoms with Crippen molar-refractivity contribution in [3.63, 3.8) is 0 Å². The van der Waals surface area contributed by atoms with Crippen LogP contribution in [-0.4, -0.2) is 244 Å². The van der Waals surface area contributed by atoms with E-state index < -0.39 is 9.84 Å². The maximum Gasteiger partial charge on any atom is 0.152 e. The van der Waals surface area contributed by atoms with Gasteiger partial charge in [0.25, 0.3) is 0 Å². The van der Waals surface area contributed by atoms with Crippen LogP contribution in [0.25, 0.3) is 0 Å². The molecular weight excluding hydrogens is 1050 g/mol. The number of allylic oxidation sites excluding steroid dienone is 2. The standard InChI is InChI=1S/C7H13NO.C7H15N.C7H14O.C7H14.C7H12.C6H11NO.C6H13N.C5H11NO2S.2C5H11NO.C5H10/c1-8-5-2-3-7(9)4-6-8;1-8-6-4-2-3-5-7-8;1-7(8)5-3-2-4-6-7;2*1-7-5-3-2-4-6-7;1-7-4-2-3-6(8)5-7;1-7-5-3-2-4-6-7;1-6-2-4-9(7,8)5-3-6;2*1-6-2-4-7-5-3-6;1-5-3-2-4-5/h2-6H2,1H3;2-7H2,1H3;8H,2-6H2,1H3;7H,2-6H2,1H3;5H,2-4,6H2,1H3;2-5H2,1H3;2-6H2,1H3;2-5H2,1H3;2*2-5H2,1H3;5H,2-4H2,1H3. The van der Waals surface area contributed by atoms with Gasteiger partial charge in [0.15, 0.2) is 9.84 Å². The van der Waals surface area contributed by atoms with Crippen molar-refractivity contribution in [2.24, 2.45) is 11.8 Å². The van der Waals surface area contributed by atoms with E-state index in [9.17, 15) is 23.1 Å². The number of hydrogen-bond acceptors (Lipinski definition) is 14. The van der Waals surface area contributed by atoms with Crippen LogP contribution >= 0.6 is 0 Å². The molecule has 0 amide bonds. The number of nitrogens with zero attached hydrogens (tertiary/aromatic N) is 7. The number of likely N-dealkylation sites (tertiary alicyclic amines) is 4. The Labute approximate surface area is 507 Å². The molecule has 15 heteroatoms. The lowest BCUT2D eigenvalue weighted by atomic mass is 9.87. The number of aliphatic hydroxyl groups is 1. The number of rotatable bonds is 0. The molecule has 10 fully saturated rings. The van der Waals surface area contributed by atoms with Gasteiger partial charge in [0.05, 0.1) is 50.1 Å². The van der Waals surface area contributed by atoms with Crippen LogP contribution in [0, 0.1) is 11.8 Å². The molecule has 0 unspecified atom stereocenters. The summed E-state index contributed by atoms with van der Waals surface area (Å²) in [5, 5.41) is 9.37. The molecule has 3 saturated carbocycles. The van der Waals surface area contributed by atoms with E-state index in [4.69, 9.17) is 9.47 Å². The second-order valence-electron chi connectivity index (χ2n) is 26.6. The lowest BCUT2D eigenvalue weighted by Crippen LogP contribution is -2.37. The predicted octanol–water partition coefficient (Wildman–Crippen LogP) is 11.4. The van der Waals surface area contributed by atoms with Crippen LogP contribution in [0.5, 0.6) is 0 Å². The van der Waals surface area contributed by atoms with Crippen molar-refractivity contribution in [3.05, 3.63) is 11.6 Å². The number of ketones is 2. The number of sulfone groups is 1. The molecule has 486 valence electrons. The van der Waals surface area contributed by atoms with Crippen molar-refractivity contribution in [1.29, 1.82) is 0 Å². The molecular formula is C67H135N7O7S. The number of morpholine rings is 2. The zero-order valence-electron chi connectivity index (χ0n) is 55.8. The van der Waals surface area contributed by atoms with Gasteiger partial charge >= 0.3 is 0 Å². The minimum atomic E-state index is -2.66. The van der Waals surface area contributed by atoms with Crippen molar-refractivity contribution in [2.75, 3.05) is 179 Å². The second-order valence-corrected chi connectivity index (χ2v) is 28.9. The number of Topliss-reactive ketones (excluding diaryl/α,β-unsaturated/α-hetero) is 2. The second kappa shape index (κ2) is 50.6. The highest BCUT2D eigenvalue weighted by atomic mass is 32.2. The molecule has 14 nitrogen and oxygen atoms in total. The summed E-state index contributed by atoms with van der Waals surface area (Å²) in [4.78, 5) is 37.1. The van der Waals surface area contributed by atoms with E-state index >= 15 is 0 Å². The molecule has 0 spiro atoms. The summed E-state index contributed by atoms with van der Waals surface area (Å²) in [7, 11) is 12.0. The Hall–Kier alpha value is -1.37. The number of likely N-dealkylation sites (N-methyl/N-ethyl adjacent to an activating group) is 3. The third kappa shape index (κ3) is 50.7.